The van der Waals surface area contributed by atoms with Gasteiger partial charge < -0.3 is 4.74 Å². The molecule has 1 aliphatic carbocycles. The molecule has 0 heterocycles. The lowest BCUT2D eigenvalue weighted by atomic mass is 9.92. The van der Waals surface area contributed by atoms with Crippen molar-refractivity contribution in [3.05, 3.63) is 41.5 Å². The van der Waals surface area contributed by atoms with Gasteiger partial charge in [-0.05, 0) is 62.6 Å². The van der Waals surface area contributed by atoms with Crippen LogP contribution in [0.15, 0.2) is 35.9 Å². The smallest absolute Gasteiger partial charge is 0.118 e. The number of allylic oxidation sites excluding steroid dienone is 1. The quantitative estimate of drug-likeness (QED) is 0.455. The van der Waals surface area contributed by atoms with Crippen LogP contribution in [0.3, 0.4) is 0 Å². The maximum Gasteiger partial charge on any atom is 0.118 e. The van der Waals surface area contributed by atoms with Crippen molar-refractivity contribution in [2.24, 2.45) is 5.84 Å². The summed E-state index contributed by atoms with van der Waals surface area (Å²) >= 11 is 0. The number of methoxy groups -OCH3 is 1. The van der Waals surface area contributed by atoms with E-state index in [1.165, 1.54) is 31.2 Å². The van der Waals surface area contributed by atoms with Crippen molar-refractivity contribution in [2.75, 3.05) is 7.11 Å². The molecule has 0 bridgehead atoms. The van der Waals surface area contributed by atoms with Gasteiger partial charge in [-0.25, -0.2) is 0 Å². The van der Waals surface area contributed by atoms with E-state index in [-0.39, 0.29) is 0 Å². The van der Waals surface area contributed by atoms with E-state index in [2.05, 4.69) is 23.6 Å². The molecule has 1 atom stereocenters. The van der Waals surface area contributed by atoms with Gasteiger partial charge >= 0.3 is 0 Å². The molecule has 2 rings (SSSR count). The molecule has 0 saturated carbocycles. The molecule has 0 aromatic heterocycles. The number of aryl methyl sites for hydroxylation is 1. The highest BCUT2D eigenvalue weighted by atomic mass is 16.5. The van der Waals surface area contributed by atoms with E-state index >= 15 is 0 Å². The maximum absolute atomic E-state index is 5.70. The van der Waals surface area contributed by atoms with Crippen LogP contribution in [0.5, 0.6) is 5.75 Å². The molecule has 20 heavy (non-hydrogen) atoms. The Balaban J connectivity index is 1.81. The number of hydrogen-bond donors (Lipinski definition) is 2. The van der Waals surface area contributed by atoms with Crippen LogP contribution >= 0.6 is 0 Å². The van der Waals surface area contributed by atoms with E-state index in [9.17, 15) is 0 Å². The highest BCUT2D eigenvalue weighted by molar-refractivity contribution is 5.27. The Hall–Kier alpha value is -1.32. The molecular formula is C17H26N2O. The van der Waals surface area contributed by atoms with Gasteiger partial charge in [0.05, 0.1) is 7.11 Å². The van der Waals surface area contributed by atoms with Crippen LogP contribution in [0.1, 0.15) is 44.1 Å². The first-order valence-corrected chi connectivity index (χ1v) is 7.59. The Bertz CT molecular complexity index is 425. The topological polar surface area (TPSA) is 47.3 Å². The van der Waals surface area contributed by atoms with Crippen molar-refractivity contribution in [3.63, 3.8) is 0 Å². The van der Waals surface area contributed by atoms with Crippen LogP contribution in [0, 0.1) is 0 Å². The zero-order valence-corrected chi connectivity index (χ0v) is 12.4. The minimum Gasteiger partial charge on any atom is -0.497 e. The first-order valence-electron chi connectivity index (χ1n) is 7.59. The number of rotatable bonds is 7. The minimum atomic E-state index is 0.376. The lowest BCUT2D eigenvalue weighted by molar-refractivity contribution is 0.414. The van der Waals surface area contributed by atoms with E-state index in [1.54, 1.807) is 12.7 Å². The fraction of sp³-hybridized carbons (Fsp3) is 0.529. The van der Waals surface area contributed by atoms with Gasteiger partial charge in [-0.1, -0.05) is 23.8 Å². The third-order valence-corrected chi connectivity index (χ3v) is 4.07. The van der Waals surface area contributed by atoms with Crippen LogP contribution in [0.2, 0.25) is 0 Å². The zero-order valence-electron chi connectivity index (χ0n) is 12.4. The van der Waals surface area contributed by atoms with E-state index < -0.39 is 0 Å². The number of benzene rings is 1. The molecule has 1 aromatic rings. The fourth-order valence-corrected chi connectivity index (χ4v) is 2.78. The van der Waals surface area contributed by atoms with Crippen LogP contribution < -0.4 is 16.0 Å². The molecule has 0 spiro atoms. The lowest BCUT2D eigenvalue weighted by Crippen LogP contribution is -2.35. The average Bonchev–Trinajstić information content (AvgIpc) is 2.53. The summed E-state index contributed by atoms with van der Waals surface area (Å²) in [6.45, 7) is 0. The number of hydrazine groups is 1. The van der Waals surface area contributed by atoms with Gasteiger partial charge in [-0.2, -0.15) is 0 Å². The molecule has 0 aliphatic heterocycles. The van der Waals surface area contributed by atoms with E-state index in [0.717, 1.165) is 25.0 Å². The molecule has 3 heteroatoms. The molecule has 1 aromatic carbocycles. The first kappa shape index (κ1) is 15.1. The SMILES string of the molecule is COc1ccc(CCC(CC2=CCCCC2)NN)cc1. The normalized spacial score (nSPS) is 16.6. The van der Waals surface area contributed by atoms with Crippen molar-refractivity contribution < 1.29 is 4.74 Å². The predicted molar refractivity (Wildman–Crippen MR) is 83.6 cm³/mol. The van der Waals surface area contributed by atoms with Crippen molar-refractivity contribution in [1.82, 2.24) is 5.43 Å². The summed E-state index contributed by atoms with van der Waals surface area (Å²) in [5.41, 5.74) is 5.89. The van der Waals surface area contributed by atoms with E-state index in [0.29, 0.717) is 6.04 Å². The molecule has 0 amide bonds. The van der Waals surface area contributed by atoms with Gasteiger partial charge in [0.15, 0.2) is 0 Å². The summed E-state index contributed by atoms with van der Waals surface area (Å²) in [5, 5.41) is 0. The Morgan fingerprint density at radius 1 is 1.25 bits per heavy atom. The number of nitrogens with one attached hydrogen (secondary N) is 1. The predicted octanol–water partition coefficient (Wildman–Crippen LogP) is 3.35. The highest BCUT2D eigenvalue weighted by Crippen LogP contribution is 2.22. The summed E-state index contributed by atoms with van der Waals surface area (Å²) in [5.74, 6) is 6.61. The molecule has 1 unspecified atom stereocenters. The summed E-state index contributed by atoms with van der Waals surface area (Å²) in [6, 6.07) is 8.67. The van der Waals surface area contributed by atoms with Gasteiger partial charge in [0, 0.05) is 6.04 Å². The maximum atomic E-state index is 5.70. The number of nitrogens with two attached hydrogens (primary N) is 1. The van der Waals surface area contributed by atoms with E-state index in [1.807, 2.05) is 12.1 Å². The second-order valence-electron chi connectivity index (χ2n) is 5.56. The molecular weight excluding hydrogens is 248 g/mol. The molecule has 3 nitrogen and oxygen atoms in total. The zero-order chi connectivity index (χ0) is 14.2. The number of ether oxygens (including phenoxy) is 1. The molecule has 0 radical (unpaired) electrons. The summed E-state index contributed by atoms with van der Waals surface area (Å²) < 4.78 is 5.18. The van der Waals surface area contributed by atoms with Gasteiger partial charge in [0.2, 0.25) is 0 Å². The summed E-state index contributed by atoms with van der Waals surface area (Å²) in [6.07, 6.45) is 10.8. The van der Waals surface area contributed by atoms with Gasteiger partial charge in [-0.3, -0.25) is 11.3 Å². The Morgan fingerprint density at radius 3 is 2.65 bits per heavy atom. The molecule has 110 valence electrons. The van der Waals surface area contributed by atoms with Crippen LogP contribution in [0.4, 0.5) is 0 Å². The van der Waals surface area contributed by atoms with E-state index in [4.69, 9.17) is 10.6 Å². The van der Waals surface area contributed by atoms with Crippen LogP contribution in [0.25, 0.3) is 0 Å². The molecule has 1 aliphatic rings. The molecule has 0 fully saturated rings. The van der Waals surface area contributed by atoms with Gasteiger partial charge in [0.25, 0.3) is 0 Å². The second-order valence-corrected chi connectivity index (χ2v) is 5.56. The van der Waals surface area contributed by atoms with Crippen LogP contribution in [-0.4, -0.2) is 13.2 Å². The minimum absolute atomic E-state index is 0.376. The molecule has 0 saturated heterocycles. The summed E-state index contributed by atoms with van der Waals surface area (Å²) in [4.78, 5) is 0. The second kappa shape index (κ2) is 8.08. The third kappa shape index (κ3) is 4.66. The first-order chi connectivity index (χ1) is 9.81. The average molecular weight is 274 g/mol. The Labute approximate surface area is 122 Å². The monoisotopic (exact) mass is 274 g/mol. The summed E-state index contributed by atoms with van der Waals surface area (Å²) in [7, 11) is 1.70. The fourth-order valence-electron chi connectivity index (χ4n) is 2.78. The Morgan fingerprint density at radius 2 is 2.05 bits per heavy atom. The largest absolute Gasteiger partial charge is 0.497 e. The van der Waals surface area contributed by atoms with Gasteiger partial charge in [-0.15, -0.1) is 0 Å². The molecule has 3 N–H and O–H groups in total. The standard InChI is InChI=1S/C17H26N2O/c1-20-17-11-8-14(9-12-17)7-10-16(19-18)13-15-5-3-2-4-6-15/h5,8-9,11-12,16,19H,2-4,6-7,10,13,18H2,1H3. The van der Waals surface area contributed by atoms with Crippen LogP contribution in [-0.2, 0) is 6.42 Å². The van der Waals surface area contributed by atoms with Gasteiger partial charge in [0.1, 0.15) is 5.75 Å². The van der Waals surface area contributed by atoms with Crippen molar-refractivity contribution >= 4 is 0 Å². The Kier molecular flexibility index (Phi) is 6.09. The van der Waals surface area contributed by atoms with Crippen molar-refractivity contribution in [3.8, 4) is 5.75 Å². The number of hydrogen-bond acceptors (Lipinski definition) is 3. The third-order valence-electron chi connectivity index (χ3n) is 4.07. The van der Waals surface area contributed by atoms with Crippen molar-refractivity contribution in [1.29, 1.82) is 0 Å². The highest BCUT2D eigenvalue weighted by Gasteiger charge is 2.11. The lowest BCUT2D eigenvalue weighted by Gasteiger charge is -2.20. The van der Waals surface area contributed by atoms with Crippen molar-refractivity contribution in [2.45, 2.75) is 51.0 Å².